The number of benzene rings is 1. The van der Waals surface area contributed by atoms with Gasteiger partial charge in [-0.25, -0.2) is 4.98 Å². The molecule has 1 aromatic carbocycles. The SMILES string of the molecule is COC1(N=Nc2ccccn2)NC(c2ccccc2)=CC=C1O. The van der Waals surface area contributed by atoms with Gasteiger partial charge in [0.25, 0.3) is 0 Å². The molecular formula is C17H16N4O2. The number of ether oxygens (including phenoxy) is 1. The van der Waals surface area contributed by atoms with Crippen molar-refractivity contribution in [1.29, 1.82) is 0 Å². The molecule has 0 saturated heterocycles. The van der Waals surface area contributed by atoms with E-state index < -0.39 is 5.85 Å². The van der Waals surface area contributed by atoms with E-state index in [1.165, 1.54) is 7.11 Å². The van der Waals surface area contributed by atoms with E-state index in [1.54, 1.807) is 36.5 Å². The molecule has 0 radical (unpaired) electrons. The monoisotopic (exact) mass is 308 g/mol. The van der Waals surface area contributed by atoms with Gasteiger partial charge in [-0.05, 0) is 29.8 Å². The predicted octanol–water partition coefficient (Wildman–Crippen LogP) is 3.55. The first-order valence-electron chi connectivity index (χ1n) is 7.08. The molecule has 1 aliphatic heterocycles. The number of aliphatic hydroxyl groups is 1. The maximum absolute atomic E-state index is 10.2. The third-order valence-electron chi connectivity index (χ3n) is 3.38. The quantitative estimate of drug-likeness (QED) is 0.847. The van der Waals surface area contributed by atoms with Gasteiger partial charge in [0.2, 0.25) is 0 Å². The zero-order valence-electron chi connectivity index (χ0n) is 12.5. The van der Waals surface area contributed by atoms with Crippen molar-refractivity contribution in [3.63, 3.8) is 0 Å². The van der Waals surface area contributed by atoms with Gasteiger partial charge in [-0.2, -0.15) is 0 Å². The van der Waals surface area contributed by atoms with Gasteiger partial charge in [0, 0.05) is 19.0 Å². The fourth-order valence-electron chi connectivity index (χ4n) is 2.16. The lowest BCUT2D eigenvalue weighted by Gasteiger charge is -2.31. The van der Waals surface area contributed by atoms with Crippen LogP contribution in [-0.4, -0.2) is 23.0 Å². The Bertz CT molecular complexity index is 757. The molecule has 0 fully saturated rings. The van der Waals surface area contributed by atoms with Gasteiger partial charge in [0.05, 0.1) is 0 Å². The van der Waals surface area contributed by atoms with E-state index in [0.717, 1.165) is 11.3 Å². The summed E-state index contributed by atoms with van der Waals surface area (Å²) in [5.74, 6) is -1.13. The van der Waals surface area contributed by atoms with Crippen molar-refractivity contribution in [2.75, 3.05) is 7.11 Å². The average Bonchev–Trinajstić information content (AvgIpc) is 2.63. The number of rotatable bonds is 4. The number of hydrogen-bond donors (Lipinski definition) is 2. The number of aliphatic hydroxyl groups excluding tert-OH is 1. The summed E-state index contributed by atoms with van der Waals surface area (Å²) in [7, 11) is 1.45. The number of nitrogens with zero attached hydrogens (tertiary/aromatic N) is 3. The molecule has 1 aliphatic rings. The summed E-state index contributed by atoms with van der Waals surface area (Å²) < 4.78 is 5.41. The Balaban J connectivity index is 1.92. The lowest BCUT2D eigenvalue weighted by molar-refractivity contribution is -0.0245. The molecule has 6 heteroatoms. The molecule has 116 valence electrons. The second-order valence-corrected chi connectivity index (χ2v) is 4.86. The van der Waals surface area contributed by atoms with E-state index in [9.17, 15) is 5.11 Å². The Hall–Kier alpha value is -2.99. The normalized spacial score (nSPS) is 20.7. The van der Waals surface area contributed by atoms with E-state index in [-0.39, 0.29) is 5.76 Å². The first kappa shape index (κ1) is 14.9. The van der Waals surface area contributed by atoms with Crippen LogP contribution < -0.4 is 5.32 Å². The molecule has 2 heterocycles. The van der Waals surface area contributed by atoms with Gasteiger partial charge in [-0.15, -0.1) is 10.2 Å². The molecule has 23 heavy (non-hydrogen) atoms. The lowest BCUT2D eigenvalue weighted by atomic mass is 10.1. The summed E-state index contributed by atoms with van der Waals surface area (Å²) in [5, 5.41) is 21.5. The average molecular weight is 308 g/mol. The number of hydrogen-bond acceptors (Lipinski definition) is 6. The van der Waals surface area contributed by atoms with Gasteiger partial charge < -0.3 is 15.2 Å². The van der Waals surface area contributed by atoms with Crippen molar-refractivity contribution in [3.05, 3.63) is 78.2 Å². The molecule has 0 aliphatic carbocycles. The lowest BCUT2D eigenvalue weighted by Crippen LogP contribution is -2.47. The van der Waals surface area contributed by atoms with Crippen LogP contribution in [0.1, 0.15) is 5.56 Å². The molecular weight excluding hydrogens is 292 g/mol. The molecule has 0 bridgehead atoms. The van der Waals surface area contributed by atoms with Crippen LogP contribution in [0.25, 0.3) is 5.70 Å². The Morgan fingerprint density at radius 1 is 1.09 bits per heavy atom. The number of azo groups is 1. The topological polar surface area (TPSA) is 79.1 Å². The zero-order valence-corrected chi connectivity index (χ0v) is 12.5. The standard InChI is InChI=1S/C17H16N4O2/c1-23-17(21-20-16-9-5-6-12-18-16)15(22)11-10-14(19-17)13-7-3-2-4-8-13/h2-12,19,22H,1H3. The number of pyridine rings is 1. The third-order valence-corrected chi connectivity index (χ3v) is 3.38. The summed E-state index contributed by atoms with van der Waals surface area (Å²) >= 11 is 0. The van der Waals surface area contributed by atoms with Crippen LogP contribution in [-0.2, 0) is 4.74 Å². The molecule has 0 saturated carbocycles. The van der Waals surface area contributed by atoms with Gasteiger partial charge in [0.1, 0.15) is 0 Å². The van der Waals surface area contributed by atoms with Crippen molar-refractivity contribution in [1.82, 2.24) is 10.3 Å². The largest absolute Gasteiger partial charge is 0.506 e. The van der Waals surface area contributed by atoms with Crippen molar-refractivity contribution in [2.24, 2.45) is 10.2 Å². The summed E-state index contributed by atoms with van der Waals surface area (Å²) in [6.45, 7) is 0. The van der Waals surface area contributed by atoms with Gasteiger partial charge in [-0.1, -0.05) is 36.4 Å². The van der Waals surface area contributed by atoms with Gasteiger partial charge in [-0.3, -0.25) is 0 Å². The second-order valence-electron chi connectivity index (χ2n) is 4.86. The van der Waals surface area contributed by atoms with Crippen molar-refractivity contribution in [3.8, 4) is 0 Å². The van der Waals surface area contributed by atoms with E-state index in [0.29, 0.717) is 5.82 Å². The molecule has 0 amide bonds. The highest BCUT2D eigenvalue weighted by Crippen LogP contribution is 2.28. The second kappa shape index (κ2) is 6.41. The number of methoxy groups -OCH3 is 1. The number of allylic oxidation sites excluding steroid dienone is 2. The Morgan fingerprint density at radius 3 is 2.57 bits per heavy atom. The van der Waals surface area contributed by atoms with Gasteiger partial charge >= 0.3 is 5.85 Å². The fraction of sp³-hybridized carbons (Fsp3) is 0.118. The van der Waals surface area contributed by atoms with Crippen molar-refractivity contribution in [2.45, 2.75) is 5.85 Å². The fourth-order valence-corrected chi connectivity index (χ4v) is 2.16. The summed E-state index contributed by atoms with van der Waals surface area (Å²) in [6, 6.07) is 15.0. The summed E-state index contributed by atoms with van der Waals surface area (Å²) in [6.07, 6.45) is 4.92. The number of aromatic nitrogens is 1. The molecule has 1 atom stereocenters. The third kappa shape index (κ3) is 3.12. The van der Waals surface area contributed by atoms with Crippen LogP contribution in [0.3, 0.4) is 0 Å². The molecule has 1 aromatic heterocycles. The highest BCUT2D eigenvalue weighted by atomic mass is 16.5. The molecule has 2 aromatic rings. The minimum absolute atomic E-state index is 0.0839. The Labute approximate surface area is 133 Å². The molecule has 1 unspecified atom stereocenters. The van der Waals surface area contributed by atoms with Gasteiger partial charge in [0.15, 0.2) is 11.6 Å². The van der Waals surface area contributed by atoms with E-state index >= 15 is 0 Å². The number of nitrogens with one attached hydrogen (secondary N) is 1. The predicted molar refractivity (Wildman–Crippen MR) is 86.8 cm³/mol. The first-order valence-corrected chi connectivity index (χ1v) is 7.08. The maximum Gasteiger partial charge on any atom is 0.315 e. The highest BCUT2D eigenvalue weighted by Gasteiger charge is 2.38. The molecule has 2 N–H and O–H groups in total. The van der Waals surface area contributed by atoms with E-state index in [1.807, 2.05) is 30.3 Å². The van der Waals surface area contributed by atoms with E-state index in [4.69, 9.17) is 4.74 Å². The smallest absolute Gasteiger partial charge is 0.315 e. The van der Waals surface area contributed by atoms with Crippen LogP contribution in [0, 0.1) is 0 Å². The van der Waals surface area contributed by atoms with Crippen LogP contribution in [0.2, 0.25) is 0 Å². The zero-order chi connectivity index (χ0) is 16.1. The molecule has 0 spiro atoms. The van der Waals surface area contributed by atoms with Crippen LogP contribution in [0.15, 0.2) is 82.9 Å². The van der Waals surface area contributed by atoms with Crippen LogP contribution in [0.4, 0.5) is 5.82 Å². The maximum atomic E-state index is 10.2. The Kier molecular flexibility index (Phi) is 4.16. The number of dihydropyridines is 1. The highest BCUT2D eigenvalue weighted by molar-refractivity contribution is 5.68. The molecule has 6 nitrogen and oxygen atoms in total. The summed E-state index contributed by atoms with van der Waals surface area (Å²) in [4.78, 5) is 4.07. The molecule has 3 rings (SSSR count). The van der Waals surface area contributed by atoms with Crippen LogP contribution >= 0.6 is 0 Å². The summed E-state index contributed by atoms with van der Waals surface area (Å²) in [5.41, 5.74) is 1.72. The van der Waals surface area contributed by atoms with Crippen molar-refractivity contribution >= 4 is 11.5 Å². The van der Waals surface area contributed by atoms with E-state index in [2.05, 4.69) is 20.5 Å². The van der Waals surface area contributed by atoms with Crippen LogP contribution in [0.5, 0.6) is 0 Å². The minimum Gasteiger partial charge on any atom is -0.506 e. The first-order chi connectivity index (χ1) is 11.2. The minimum atomic E-state index is -1.47. The van der Waals surface area contributed by atoms with Crippen molar-refractivity contribution < 1.29 is 9.84 Å². The Morgan fingerprint density at radius 2 is 1.87 bits per heavy atom.